The van der Waals surface area contributed by atoms with Gasteiger partial charge in [0.05, 0.1) is 23.4 Å². The van der Waals surface area contributed by atoms with Crippen molar-refractivity contribution in [2.75, 3.05) is 0 Å². The second kappa shape index (κ2) is 5.44. The van der Waals surface area contributed by atoms with E-state index >= 15 is 0 Å². The highest BCUT2D eigenvalue weighted by molar-refractivity contribution is 6.21. The van der Waals surface area contributed by atoms with Crippen LogP contribution in [0.2, 0.25) is 0 Å². The van der Waals surface area contributed by atoms with Gasteiger partial charge in [-0.2, -0.15) is 10.2 Å². The molecule has 106 valence electrons. The number of carbonyl (C=O) groups is 2. The molecule has 1 aromatic carbocycles. The van der Waals surface area contributed by atoms with Gasteiger partial charge in [0, 0.05) is 6.20 Å². The molecule has 0 spiro atoms. The van der Waals surface area contributed by atoms with Crippen LogP contribution in [0.1, 0.15) is 52.1 Å². The lowest BCUT2D eigenvalue weighted by Crippen LogP contribution is -2.34. The molecule has 0 aliphatic carbocycles. The molecule has 2 heterocycles. The van der Waals surface area contributed by atoms with Gasteiger partial charge < -0.3 is 0 Å². The SMILES string of the molecule is CCCC(c1ccnnc1)N1C(=O)c2ccccc2C1=O. The summed E-state index contributed by atoms with van der Waals surface area (Å²) < 4.78 is 0. The van der Waals surface area contributed by atoms with E-state index in [1.54, 1.807) is 42.7 Å². The predicted octanol–water partition coefficient (Wildman–Crippen LogP) is 2.61. The normalized spacial score (nSPS) is 15.2. The fourth-order valence-electron chi connectivity index (χ4n) is 2.71. The van der Waals surface area contributed by atoms with Gasteiger partial charge in [0.25, 0.3) is 11.8 Å². The van der Waals surface area contributed by atoms with E-state index in [4.69, 9.17) is 0 Å². The Kier molecular flexibility index (Phi) is 3.48. The number of aromatic nitrogens is 2. The Balaban J connectivity index is 2.02. The number of carbonyl (C=O) groups excluding carboxylic acids is 2. The lowest BCUT2D eigenvalue weighted by molar-refractivity contribution is 0.0573. The summed E-state index contributed by atoms with van der Waals surface area (Å²) in [6, 6.07) is 8.45. The van der Waals surface area contributed by atoms with Crippen molar-refractivity contribution < 1.29 is 9.59 Å². The highest BCUT2D eigenvalue weighted by atomic mass is 16.2. The van der Waals surface area contributed by atoms with Crippen LogP contribution in [0.3, 0.4) is 0 Å². The minimum absolute atomic E-state index is 0.231. The Morgan fingerprint density at radius 1 is 1.05 bits per heavy atom. The third-order valence-corrected chi connectivity index (χ3v) is 3.69. The molecule has 21 heavy (non-hydrogen) atoms. The maximum absolute atomic E-state index is 12.6. The van der Waals surface area contributed by atoms with Crippen LogP contribution in [0.5, 0.6) is 0 Å². The van der Waals surface area contributed by atoms with E-state index in [0.717, 1.165) is 12.0 Å². The Hall–Kier alpha value is -2.56. The van der Waals surface area contributed by atoms with E-state index in [0.29, 0.717) is 17.5 Å². The molecular weight excluding hydrogens is 266 g/mol. The molecule has 1 unspecified atom stereocenters. The van der Waals surface area contributed by atoms with Crippen molar-refractivity contribution in [2.45, 2.75) is 25.8 Å². The van der Waals surface area contributed by atoms with E-state index in [1.807, 2.05) is 6.92 Å². The Bertz CT molecular complexity index is 650. The van der Waals surface area contributed by atoms with Crippen LogP contribution in [-0.2, 0) is 0 Å². The zero-order valence-electron chi connectivity index (χ0n) is 11.7. The van der Waals surface area contributed by atoms with E-state index in [-0.39, 0.29) is 17.9 Å². The quantitative estimate of drug-likeness (QED) is 0.808. The van der Waals surface area contributed by atoms with E-state index in [2.05, 4.69) is 10.2 Å². The van der Waals surface area contributed by atoms with Gasteiger partial charge in [0.15, 0.2) is 0 Å². The van der Waals surface area contributed by atoms with Crippen LogP contribution in [-0.4, -0.2) is 26.9 Å². The highest BCUT2D eigenvalue weighted by Gasteiger charge is 2.39. The topological polar surface area (TPSA) is 63.2 Å². The van der Waals surface area contributed by atoms with Crippen LogP contribution in [0.15, 0.2) is 42.7 Å². The first-order valence-electron chi connectivity index (χ1n) is 6.97. The fraction of sp³-hybridized carbons (Fsp3) is 0.250. The molecule has 0 N–H and O–H groups in total. The van der Waals surface area contributed by atoms with E-state index in [1.165, 1.54) is 4.90 Å². The molecule has 0 fully saturated rings. The van der Waals surface area contributed by atoms with Crippen LogP contribution in [0.4, 0.5) is 0 Å². The molecule has 2 aromatic rings. The first-order valence-corrected chi connectivity index (χ1v) is 6.97. The Morgan fingerprint density at radius 2 is 1.71 bits per heavy atom. The number of hydrogen-bond acceptors (Lipinski definition) is 4. The summed E-state index contributed by atoms with van der Waals surface area (Å²) in [4.78, 5) is 26.5. The summed E-state index contributed by atoms with van der Waals surface area (Å²) in [5, 5.41) is 7.61. The zero-order valence-corrected chi connectivity index (χ0v) is 11.7. The molecule has 0 bridgehead atoms. The minimum Gasteiger partial charge on any atom is -0.269 e. The summed E-state index contributed by atoms with van der Waals surface area (Å²) in [6.45, 7) is 2.03. The van der Waals surface area contributed by atoms with Gasteiger partial charge in [-0.15, -0.1) is 0 Å². The Labute approximate surface area is 122 Å². The summed E-state index contributed by atoms with van der Waals surface area (Å²) in [5.74, 6) is -0.461. The molecule has 1 aromatic heterocycles. The van der Waals surface area contributed by atoms with Gasteiger partial charge in [-0.3, -0.25) is 14.5 Å². The molecule has 0 radical (unpaired) electrons. The maximum Gasteiger partial charge on any atom is 0.262 e. The summed E-state index contributed by atoms with van der Waals surface area (Å²) in [7, 11) is 0. The molecule has 5 heteroatoms. The number of rotatable bonds is 4. The smallest absolute Gasteiger partial charge is 0.262 e. The van der Waals surface area contributed by atoms with Crippen LogP contribution in [0.25, 0.3) is 0 Å². The molecule has 3 rings (SSSR count). The maximum atomic E-state index is 12.6. The Morgan fingerprint density at radius 3 is 2.24 bits per heavy atom. The molecule has 2 amide bonds. The van der Waals surface area contributed by atoms with Crippen molar-refractivity contribution >= 4 is 11.8 Å². The summed E-state index contributed by atoms with van der Waals surface area (Å²) in [6.07, 6.45) is 4.76. The number of fused-ring (bicyclic) bond motifs is 1. The standard InChI is InChI=1S/C16H15N3O2/c1-2-5-14(11-8-9-17-18-10-11)19-15(20)12-6-3-4-7-13(12)16(19)21/h3-4,6-10,14H,2,5H2,1H3. The monoisotopic (exact) mass is 281 g/mol. The third-order valence-electron chi connectivity index (χ3n) is 3.69. The van der Waals surface area contributed by atoms with Gasteiger partial charge in [0.2, 0.25) is 0 Å². The van der Waals surface area contributed by atoms with E-state index < -0.39 is 0 Å². The molecule has 1 aliphatic rings. The van der Waals surface area contributed by atoms with Gasteiger partial charge in [-0.05, 0) is 30.2 Å². The molecule has 0 saturated heterocycles. The third kappa shape index (κ3) is 2.20. The number of nitrogens with zero attached hydrogens (tertiary/aromatic N) is 3. The average Bonchev–Trinajstić information content (AvgIpc) is 2.78. The van der Waals surface area contributed by atoms with Crippen LogP contribution >= 0.6 is 0 Å². The van der Waals surface area contributed by atoms with Crippen molar-refractivity contribution in [3.63, 3.8) is 0 Å². The molecule has 1 atom stereocenters. The van der Waals surface area contributed by atoms with Crippen LogP contribution in [0, 0.1) is 0 Å². The lowest BCUT2D eigenvalue weighted by atomic mass is 10.0. The summed E-state index contributed by atoms with van der Waals surface area (Å²) >= 11 is 0. The fourth-order valence-corrected chi connectivity index (χ4v) is 2.71. The second-order valence-electron chi connectivity index (χ2n) is 5.01. The number of amides is 2. The van der Waals surface area contributed by atoms with Gasteiger partial charge >= 0.3 is 0 Å². The van der Waals surface area contributed by atoms with Crippen molar-refractivity contribution in [3.05, 3.63) is 59.4 Å². The largest absolute Gasteiger partial charge is 0.269 e. The van der Waals surface area contributed by atoms with Crippen molar-refractivity contribution in [3.8, 4) is 0 Å². The van der Waals surface area contributed by atoms with Crippen molar-refractivity contribution in [2.24, 2.45) is 0 Å². The highest BCUT2D eigenvalue weighted by Crippen LogP contribution is 2.33. The predicted molar refractivity (Wildman–Crippen MR) is 76.6 cm³/mol. The van der Waals surface area contributed by atoms with Crippen molar-refractivity contribution in [1.82, 2.24) is 15.1 Å². The zero-order chi connectivity index (χ0) is 14.8. The van der Waals surface area contributed by atoms with Gasteiger partial charge in [-0.1, -0.05) is 25.5 Å². The second-order valence-corrected chi connectivity index (χ2v) is 5.01. The summed E-state index contributed by atoms with van der Waals surface area (Å²) in [5.41, 5.74) is 1.79. The molecule has 1 aliphatic heterocycles. The average molecular weight is 281 g/mol. The van der Waals surface area contributed by atoms with Crippen LogP contribution < -0.4 is 0 Å². The number of imide groups is 1. The molecule has 5 nitrogen and oxygen atoms in total. The van der Waals surface area contributed by atoms with Gasteiger partial charge in [0.1, 0.15) is 0 Å². The van der Waals surface area contributed by atoms with Gasteiger partial charge in [-0.25, -0.2) is 0 Å². The van der Waals surface area contributed by atoms with Crippen molar-refractivity contribution in [1.29, 1.82) is 0 Å². The number of hydrogen-bond donors (Lipinski definition) is 0. The van der Waals surface area contributed by atoms with E-state index in [9.17, 15) is 9.59 Å². The lowest BCUT2D eigenvalue weighted by Gasteiger charge is -2.25. The first kappa shape index (κ1) is 13.4. The first-order chi connectivity index (χ1) is 10.2. The molecule has 0 saturated carbocycles. The minimum atomic E-state index is -0.294. The number of benzene rings is 1. The molecular formula is C16H15N3O2.